The maximum atomic E-state index is 10.1. The SMILES string of the molecule is Cc1cc(Br)ccc1C1(O)CNC1. The first-order valence-corrected chi connectivity index (χ1v) is 5.11. The molecule has 1 fully saturated rings. The summed E-state index contributed by atoms with van der Waals surface area (Å²) in [4.78, 5) is 0. The maximum Gasteiger partial charge on any atom is 0.115 e. The molecule has 1 saturated heterocycles. The number of halogens is 1. The zero-order chi connectivity index (χ0) is 9.47. The Morgan fingerprint density at radius 2 is 2.15 bits per heavy atom. The molecule has 1 aliphatic heterocycles. The lowest BCUT2D eigenvalue weighted by atomic mass is 9.85. The van der Waals surface area contributed by atoms with Crippen molar-refractivity contribution >= 4 is 15.9 Å². The number of β-amino-alcohol motifs (C(OH)–C–C–N with tert-alkyl or cyclic N) is 1. The van der Waals surface area contributed by atoms with Gasteiger partial charge in [-0.1, -0.05) is 22.0 Å². The smallest absolute Gasteiger partial charge is 0.115 e. The molecule has 0 spiro atoms. The summed E-state index contributed by atoms with van der Waals surface area (Å²) in [5.74, 6) is 0. The summed E-state index contributed by atoms with van der Waals surface area (Å²) < 4.78 is 1.06. The largest absolute Gasteiger partial charge is 0.382 e. The molecule has 1 aliphatic rings. The van der Waals surface area contributed by atoms with E-state index in [0.29, 0.717) is 13.1 Å². The van der Waals surface area contributed by atoms with Gasteiger partial charge in [0, 0.05) is 17.6 Å². The monoisotopic (exact) mass is 241 g/mol. The van der Waals surface area contributed by atoms with E-state index in [9.17, 15) is 5.11 Å². The quantitative estimate of drug-likeness (QED) is 0.783. The molecule has 0 unspecified atom stereocenters. The van der Waals surface area contributed by atoms with Gasteiger partial charge < -0.3 is 10.4 Å². The molecule has 2 N–H and O–H groups in total. The summed E-state index contributed by atoms with van der Waals surface area (Å²) >= 11 is 3.41. The molecule has 0 aliphatic carbocycles. The van der Waals surface area contributed by atoms with E-state index in [1.165, 1.54) is 0 Å². The highest BCUT2D eigenvalue weighted by Crippen LogP contribution is 2.29. The Bertz CT molecular complexity index is 334. The molecule has 2 rings (SSSR count). The first kappa shape index (κ1) is 9.19. The van der Waals surface area contributed by atoms with Gasteiger partial charge in [0.2, 0.25) is 0 Å². The molecule has 0 radical (unpaired) electrons. The molecule has 2 nitrogen and oxygen atoms in total. The molecule has 70 valence electrons. The van der Waals surface area contributed by atoms with Crippen LogP contribution in [-0.4, -0.2) is 18.2 Å². The van der Waals surface area contributed by atoms with E-state index in [0.717, 1.165) is 15.6 Å². The number of hydrogen-bond acceptors (Lipinski definition) is 2. The standard InChI is InChI=1S/C10H12BrNO/c1-7-4-8(11)2-3-9(7)10(13)5-12-6-10/h2-4,12-13H,5-6H2,1H3. The minimum Gasteiger partial charge on any atom is -0.382 e. The summed E-state index contributed by atoms with van der Waals surface area (Å²) in [5.41, 5.74) is 1.54. The highest BCUT2D eigenvalue weighted by molar-refractivity contribution is 9.10. The zero-order valence-corrected chi connectivity index (χ0v) is 9.06. The lowest BCUT2D eigenvalue weighted by Gasteiger charge is -2.39. The minimum absolute atomic E-state index is 0.634. The predicted octanol–water partition coefficient (Wildman–Crippen LogP) is 1.55. The Hall–Kier alpha value is -0.380. The first-order valence-electron chi connectivity index (χ1n) is 4.31. The molecule has 1 aromatic rings. The molecule has 13 heavy (non-hydrogen) atoms. The van der Waals surface area contributed by atoms with Crippen LogP contribution in [0.15, 0.2) is 22.7 Å². The summed E-state index contributed by atoms with van der Waals surface area (Å²) in [5, 5.41) is 13.2. The van der Waals surface area contributed by atoms with E-state index in [1.807, 2.05) is 25.1 Å². The number of aliphatic hydroxyl groups is 1. The normalized spacial score (nSPS) is 19.6. The highest BCUT2D eigenvalue weighted by atomic mass is 79.9. The van der Waals surface area contributed by atoms with E-state index >= 15 is 0 Å². The van der Waals surface area contributed by atoms with Crippen molar-refractivity contribution in [1.82, 2.24) is 5.32 Å². The summed E-state index contributed by atoms with van der Waals surface area (Å²) in [6.07, 6.45) is 0. The van der Waals surface area contributed by atoms with E-state index in [-0.39, 0.29) is 0 Å². The fourth-order valence-corrected chi connectivity index (χ4v) is 2.18. The predicted molar refractivity (Wildman–Crippen MR) is 55.6 cm³/mol. The van der Waals surface area contributed by atoms with Crippen LogP contribution >= 0.6 is 15.9 Å². The molecule has 0 atom stereocenters. The van der Waals surface area contributed by atoms with Gasteiger partial charge in [0.05, 0.1) is 0 Å². The average Bonchev–Trinajstić information content (AvgIpc) is 2.00. The van der Waals surface area contributed by atoms with Gasteiger partial charge >= 0.3 is 0 Å². The van der Waals surface area contributed by atoms with Crippen LogP contribution in [0.3, 0.4) is 0 Å². The number of nitrogens with one attached hydrogen (secondary N) is 1. The number of aryl methyl sites for hydroxylation is 1. The third-order valence-electron chi connectivity index (χ3n) is 2.52. The molecule has 3 heteroatoms. The van der Waals surface area contributed by atoms with E-state index in [4.69, 9.17) is 0 Å². The molecule has 0 saturated carbocycles. The van der Waals surface area contributed by atoms with Crippen molar-refractivity contribution < 1.29 is 5.11 Å². The van der Waals surface area contributed by atoms with Crippen molar-refractivity contribution in [2.75, 3.05) is 13.1 Å². The molecular formula is C10H12BrNO. The Labute approximate surface area is 86.1 Å². The second-order valence-electron chi connectivity index (χ2n) is 3.59. The average molecular weight is 242 g/mol. The first-order chi connectivity index (χ1) is 6.12. The van der Waals surface area contributed by atoms with Crippen LogP contribution < -0.4 is 5.32 Å². The van der Waals surface area contributed by atoms with Gasteiger partial charge in [0.1, 0.15) is 5.60 Å². The van der Waals surface area contributed by atoms with Crippen LogP contribution in [-0.2, 0) is 5.60 Å². The van der Waals surface area contributed by atoms with Crippen LogP contribution in [0.5, 0.6) is 0 Å². The lowest BCUT2D eigenvalue weighted by molar-refractivity contribution is -0.0152. The third-order valence-corrected chi connectivity index (χ3v) is 3.02. The summed E-state index contributed by atoms with van der Waals surface area (Å²) in [6.45, 7) is 3.35. The number of hydrogen-bond donors (Lipinski definition) is 2. The van der Waals surface area contributed by atoms with Crippen molar-refractivity contribution in [2.24, 2.45) is 0 Å². The van der Waals surface area contributed by atoms with Gasteiger partial charge in [-0.05, 0) is 30.2 Å². The van der Waals surface area contributed by atoms with Gasteiger partial charge in [-0.2, -0.15) is 0 Å². The summed E-state index contributed by atoms with van der Waals surface area (Å²) in [7, 11) is 0. The number of rotatable bonds is 1. The minimum atomic E-state index is -0.634. The second kappa shape index (κ2) is 3.08. The highest BCUT2D eigenvalue weighted by Gasteiger charge is 2.36. The van der Waals surface area contributed by atoms with Gasteiger partial charge in [-0.3, -0.25) is 0 Å². The van der Waals surface area contributed by atoms with E-state index in [2.05, 4.69) is 21.2 Å². The van der Waals surface area contributed by atoms with Crippen LogP contribution in [0.25, 0.3) is 0 Å². The van der Waals surface area contributed by atoms with Crippen molar-refractivity contribution in [3.05, 3.63) is 33.8 Å². The molecule has 0 amide bonds. The Kier molecular flexibility index (Phi) is 2.18. The molecule has 1 heterocycles. The van der Waals surface area contributed by atoms with Crippen LogP contribution in [0.4, 0.5) is 0 Å². The topological polar surface area (TPSA) is 32.3 Å². The van der Waals surface area contributed by atoms with Gasteiger partial charge in [-0.25, -0.2) is 0 Å². The Morgan fingerprint density at radius 3 is 2.62 bits per heavy atom. The van der Waals surface area contributed by atoms with Crippen molar-refractivity contribution in [3.63, 3.8) is 0 Å². The van der Waals surface area contributed by atoms with Gasteiger partial charge in [-0.15, -0.1) is 0 Å². The second-order valence-corrected chi connectivity index (χ2v) is 4.51. The van der Waals surface area contributed by atoms with Crippen LogP contribution in [0.2, 0.25) is 0 Å². The Balaban J connectivity index is 2.40. The summed E-state index contributed by atoms with van der Waals surface area (Å²) in [6, 6.07) is 5.99. The Morgan fingerprint density at radius 1 is 1.46 bits per heavy atom. The number of benzene rings is 1. The molecule has 1 aromatic carbocycles. The lowest BCUT2D eigenvalue weighted by Crippen LogP contribution is -2.57. The fraction of sp³-hybridized carbons (Fsp3) is 0.400. The van der Waals surface area contributed by atoms with Crippen LogP contribution in [0, 0.1) is 6.92 Å². The van der Waals surface area contributed by atoms with E-state index in [1.54, 1.807) is 0 Å². The van der Waals surface area contributed by atoms with Crippen LogP contribution in [0.1, 0.15) is 11.1 Å². The molecular weight excluding hydrogens is 230 g/mol. The van der Waals surface area contributed by atoms with E-state index < -0.39 is 5.60 Å². The van der Waals surface area contributed by atoms with Gasteiger partial charge in [0.15, 0.2) is 0 Å². The third kappa shape index (κ3) is 1.52. The molecule has 0 aromatic heterocycles. The molecule has 0 bridgehead atoms. The fourth-order valence-electron chi connectivity index (χ4n) is 1.70. The van der Waals surface area contributed by atoms with Crippen molar-refractivity contribution in [1.29, 1.82) is 0 Å². The van der Waals surface area contributed by atoms with Crippen molar-refractivity contribution in [2.45, 2.75) is 12.5 Å². The zero-order valence-electron chi connectivity index (χ0n) is 7.47. The van der Waals surface area contributed by atoms with Gasteiger partial charge in [0.25, 0.3) is 0 Å². The van der Waals surface area contributed by atoms with Crippen molar-refractivity contribution in [3.8, 4) is 0 Å². The maximum absolute atomic E-state index is 10.1.